The van der Waals surface area contributed by atoms with E-state index in [2.05, 4.69) is 27.5 Å². The number of rotatable bonds is 3. The van der Waals surface area contributed by atoms with Crippen LogP contribution in [0.2, 0.25) is 0 Å². The lowest BCUT2D eigenvalue weighted by molar-refractivity contribution is 0.0879. The van der Waals surface area contributed by atoms with Crippen molar-refractivity contribution < 1.29 is 9.21 Å². The number of benzene rings is 1. The molecule has 0 spiro atoms. The Morgan fingerprint density at radius 2 is 2.04 bits per heavy atom. The quantitative estimate of drug-likeness (QED) is 0.761. The van der Waals surface area contributed by atoms with Gasteiger partial charge in [0.15, 0.2) is 5.69 Å². The van der Waals surface area contributed by atoms with E-state index in [1.807, 2.05) is 24.3 Å². The third kappa shape index (κ3) is 2.52. The van der Waals surface area contributed by atoms with Crippen LogP contribution in [0.4, 0.5) is 0 Å². The third-order valence-electron chi connectivity index (χ3n) is 6.07. The molecular formula is C20H22N4O2. The summed E-state index contributed by atoms with van der Waals surface area (Å²) in [5, 5.41) is 11.3. The number of amides is 1. The Bertz CT molecular complexity index is 932. The van der Waals surface area contributed by atoms with Gasteiger partial charge in [0, 0.05) is 29.1 Å². The zero-order chi connectivity index (χ0) is 17.7. The number of aromatic nitrogens is 2. The van der Waals surface area contributed by atoms with Gasteiger partial charge in [0.1, 0.15) is 0 Å². The molecule has 2 aromatic heterocycles. The molecule has 2 unspecified atom stereocenters. The Morgan fingerprint density at radius 1 is 1.23 bits per heavy atom. The van der Waals surface area contributed by atoms with Crippen molar-refractivity contribution in [3.63, 3.8) is 0 Å². The van der Waals surface area contributed by atoms with Crippen molar-refractivity contribution >= 4 is 16.8 Å². The first kappa shape index (κ1) is 15.6. The molecule has 2 aliphatic heterocycles. The molecule has 6 heteroatoms. The van der Waals surface area contributed by atoms with Gasteiger partial charge in [-0.2, -0.15) is 5.10 Å². The maximum Gasteiger partial charge on any atom is 0.272 e. The first-order valence-corrected chi connectivity index (χ1v) is 9.22. The van der Waals surface area contributed by atoms with Gasteiger partial charge in [-0.15, -0.1) is 0 Å². The SMILES string of the molecule is CN1C2CCC1CC(NC(=O)c1n[nH]c3cc(-c4ccoc4)ccc13)C2. The van der Waals surface area contributed by atoms with E-state index in [9.17, 15) is 4.79 Å². The largest absolute Gasteiger partial charge is 0.472 e. The van der Waals surface area contributed by atoms with Gasteiger partial charge in [0.2, 0.25) is 0 Å². The molecule has 5 rings (SSSR count). The van der Waals surface area contributed by atoms with E-state index in [0.717, 1.165) is 34.9 Å². The van der Waals surface area contributed by atoms with Crippen LogP contribution in [0.1, 0.15) is 36.2 Å². The number of fused-ring (bicyclic) bond motifs is 3. The number of nitrogens with one attached hydrogen (secondary N) is 2. The summed E-state index contributed by atoms with van der Waals surface area (Å²) in [5.41, 5.74) is 3.38. The molecule has 26 heavy (non-hydrogen) atoms. The van der Waals surface area contributed by atoms with Crippen LogP contribution in [0.3, 0.4) is 0 Å². The molecule has 4 heterocycles. The smallest absolute Gasteiger partial charge is 0.272 e. The molecule has 6 nitrogen and oxygen atoms in total. The van der Waals surface area contributed by atoms with Crippen molar-refractivity contribution in [3.05, 3.63) is 42.5 Å². The highest BCUT2D eigenvalue weighted by molar-refractivity contribution is 6.05. The Kier molecular flexibility index (Phi) is 3.60. The first-order valence-electron chi connectivity index (χ1n) is 9.22. The number of nitrogens with zero attached hydrogens (tertiary/aromatic N) is 2. The topological polar surface area (TPSA) is 74.2 Å². The summed E-state index contributed by atoms with van der Waals surface area (Å²) in [6.07, 6.45) is 7.92. The van der Waals surface area contributed by atoms with Gasteiger partial charge in [-0.25, -0.2) is 0 Å². The molecule has 2 saturated heterocycles. The summed E-state index contributed by atoms with van der Waals surface area (Å²) in [6.45, 7) is 0. The number of piperidine rings is 1. The number of hydrogen-bond donors (Lipinski definition) is 2. The van der Waals surface area contributed by atoms with E-state index in [4.69, 9.17) is 4.42 Å². The van der Waals surface area contributed by atoms with Gasteiger partial charge in [0.05, 0.1) is 18.0 Å². The second kappa shape index (κ2) is 5.99. The molecule has 3 aromatic rings. The van der Waals surface area contributed by atoms with Gasteiger partial charge in [-0.05, 0) is 56.5 Å². The summed E-state index contributed by atoms with van der Waals surface area (Å²) in [6, 6.07) is 9.32. The number of carbonyl (C=O) groups excluding carboxylic acids is 1. The highest BCUT2D eigenvalue weighted by Crippen LogP contribution is 2.34. The average Bonchev–Trinajstić information content (AvgIpc) is 3.34. The van der Waals surface area contributed by atoms with Crippen molar-refractivity contribution in [3.8, 4) is 11.1 Å². The second-order valence-electron chi connectivity index (χ2n) is 7.54. The van der Waals surface area contributed by atoms with Crippen LogP contribution in [0.15, 0.2) is 41.2 Å². The van der Waals surface area contributed by atoms with E-state index in [1.165, 1.54) is 12.8 Å². The highest BCUT2D eigenvalue weighted by Gasteiger charge is 2.39. The molecule has 2 bridgehead atoms. The molecule has 2 atom stereocenters. The summed E-state index contributed by atoms with van der Waals surface area (Å²) in [4.78, 5) is 15.3. The number of hydrogen-bond acceptors (Lipinski definition) is 4. The van der Waals surface area contributed by atoms with Crippen LogP contribution >= 0.6 is 0 Å². The van der Waals surface area contributed by atoms with Gasteiger partial charge in [0.25, 0.3) is 5.91 Å². The Hall–Kier alpha value is -2.60. The summed E-state index contributed by atoms with van der Waals surface area (Å²) < 4.78 is 5.15. The standard InChI is InChI=1S/C20H22N4O2/c1-24-15-3-4-16(24)10-14(9-15)21-20(25)19-17-5-2-12(8-18(17)22-23-19)13-6-7-26-11-13/h2,5-8,11,14-16H,3-4,9-10H2,1H3,(H,21,25)(H,22,23). The van der Waals surface area contributed by atoms with Gasteiger partial charge < -0.3 is 14.6 Å². The summed E-state index contributed by atoms with van der Waals surface area (Å²) >= 11 is 0. The Morgan fingerprint density at radius 3 is 2.77 bits per heavy atom. The number of H-pyrrole nitrogens is 1. The zero-order valence-corrected chi connectivity index (χ0v) is 14.7. The van der Waals surface area contributed by atoms with Gasteiger partial charge >= 0.3 is 0 Å². The summed E-state index contributed by atoms with van der Waals surface area (Å²) in [7, 11) is 2.21. The Labute approximate surface area is 151 Å². The lowest BCUT2D eigenvalue weighted by Gasteiger charge is -2.36. The predicted molar refractivity (Wildman–Crippen MR) is 98.9 cm³/mol. The molecule has 0 saturated carbocycles. The minimum Gasteiger partial charge on any atom is -0.472 e. The molecule has 134 valence electrons. The zero-order valence-electron chi connectivity index (χ0n) is 14.7. The van der Waals surface area contributed by atoms with Crippen LogP contribution in [-0.4, -0.2) is 46.2 Å². The Balaban J connectivity index is 1.36. The van der Waals surface area contributed by atoms with E-state index < -0.39 is 0 Å². The highest BCUT2D eigenvalue weighted by atomic mass is 16.3. The first-order chi connectivity index (χ1) is 12.7. The monoisotopic (exact) mass is 350 g/mol. The van der Waals surface area contributed by atoms with Crippen molar-refractivity contribution in [1.29, 1.82) is 0 Å². The van der Waals surface area contributed by atoms with Gasteiger partial charge in [-0.1, -0.05) is 6.07 Å². The lowest BCUT2D eigenvalue weighted by Crippen LogP contribution is -2.48. The van der Waals surface area contributed by atoms with Crippen LogP contribution < -0.4 is 5.32 Å². The fraction of sp³-hybridized carbons (Fsp3) is 0.400. The minimum atomic E-state index is -0.0822. The average molecular weight is 350 g/mol. The van der Waals surface area contributed by atoms with E-state index >= 15 is 0 Å². The van der Waals surface area contributed by atoms with E-state index in [0.29, 0.717) is 17.8 Å². The molecule has 1 amide bonds. The third-order valence-corrected chi connectivity index (χ3v) is 6.07. The normalized spacial score (nSPS) is 25.7. The number of aromatic amines is 1. The number of furan rings is 1. The molecule has 0 radical (unpaired) electrons. The maximum atomic E-state index is 12.8. The minimum absolute atomic E-state index is 0.0822. The number of carbonyl (C=O) groups is 1. The predicted octanol–water partition coefficient (Wildman–Crippen LogP) is 3.18. The van der Waals surface area contributed by atoms with Gasteiger partial charge in [-0.3, -0.25) is 9.89 Å². The van der Waals surface area contributed by atoms with Crippen molar-refractivity contribution in [1.82, 2.24) is 20.4 Å². The second-order valence-corrected chi connectivity index (χ2v) is 7.54. The van der Waals surface area contributed by atoms with Crippen molar-refractivity contribution in [2.45, 2.75) is 43.8 Å². The fourth-order valence-electron chi connectivity index (χ4n) is 4.58. The maximum absolute atomic E-state index is 12.8. The molecule has 1 aromatic carbocycles. The van der Waals surface area contributed by atoms with Crippen molar-refractivity contribution in [2.75, 3.05) is 7.05 Å². The molecular weight excluding hydrogens is 328 g/mol. The lowest BCUT2D eigenvalue weighted by atomic mass is 9.98. The van der Waals surface area contributed by atoms with Crippen LogP contribution in [0.5, 0.6) is 0 Å². The fourth-order valence-corrected chi connectivity index (χ4v) is 4.58. The molecule has 2 fully saturated rings. The molecule has 2 N–H and O–H groups in total. The van der Waals surface area contributed by atoms with Crippen LogP contribution in [0, 0.1) is 0 Å². The molecule has 2 aliphatic rings. The molecule has 0 aliphatic carbocycles. The van der Waals surface area contributed by atoms with Crippen LogP contribution in [0.25, 0.3) is 22.0 Å². The van der Waals surface area contributed by atoms with E-state index in [1.54, 1.807) is 12.5 Å². The van der Waals surface area contributed by atoms with Crippen LogP contribution in [-0.2, 0) is 0 Å². The van der Waals surface area contributed by atoms with Crippen molar-refractivity contribution in [2.24, 2.45) is 0 Å². The van der Waals surface area contributed by atoms with E-state index in [-0.39, 0.29) is 11.9 Å². The summed E-state index contributed by atoms with van der Waals surface area (Å²) in [5.74, 6) is -0.0822.